The lowest BCUT2D eigenvalue weighted by Crippen LogP contribution is -2.42. The summed E-state index contributed by atoms with van der Waals surface area (Å²) in [6.07, 6.45) is 0.364. The molecule has 0 spiro atoms. The van der Waals surface area contributed by atoms with Gasteiger partial charge in [-0.25, -0.2) is 0 Å². The van der Waals surface area contributed by atoms with Crippen LogP contribution in [-0.2, 0) is 6.54 Å². The molecule has 3 heterocycles. The molecule has 0 atom stereocenters. The van der Waals surface area contributed by atoms with Crippen molar-refractivity contribution in [3.05, 3.63) is 88.2 Å². The third-order valence-electron chi connectivity index (χ3n) is 7.24. The van der Waals surface area contributed by atoms with Gasteiger partial charge in [0, 0.05) is 29.3 Å². The first-order chi connectivity index (χ1) is 18.7. The van der Waals surface area contributed by atoms with E-state index in [-0.39, 0.29) is 17.4 Å². The topological polar surface area (TPSA) is 80.4 Å². The number of aromatic nitrogens is 2. The Morgan fingerprint density at radius 3 is 2.64 bits per heavy atom. The van der Waals surface area contributed by atoms with Gasteiger partial charge < -0.3 is 14.4 Å². The number of pyridine rings is 1. The largest absolute Gasteiger partial charge is 0.401 e. The molecule has 1 saturated heterocycles. The number of aryl methyl sites for hydroxylation is 1. The molecule has 0 unspecified atom stereocenters. The van der Waals surface area contributed by atoms with E-state index in [0.717, 1.165) is 27.8 Å². The molecule has 5 rings (SSSR count). The second-order valence-corrected chi connectivity index (χ2v) is 10.1. The monoisotopic (exact) mass is 538 g/mol. The van der Waals surface area contributed by atoms with Crippen LogP contribution in [0.1, 0.15) is 34.5 Å². The van der Waals surface area contributed by atoms with Crippen LogP contribution in [0.5, 0.6) is 0 Å². The average molecular weight is 539 g/mol. The third-order valence-corrected chi connectivity index (χ3v) is 7.24. The number of benzene rings is 2. The van der Waals surface area contributed by atoms with Crippen LogP contribution in [0.2, 0.25) is 0 Å². The lowest BCUT2D eigenvalue weighted by Gasteiger charge is -2.32. The van der Waals surface area contributed by atoms with Crippen molar-refractivity contribution in [3.8, 4) is 11.1 Å². The smallest absolute Gasteiger partial charge is 0.364 e. The van der Waals surface area contributed by atoms with Gasteiger partial charge in [0.2, 0.25) is 0 Å². The first kappa shape index (κ1) is 26.7. The van der Waals surface area contributed by atoms with E-state index in [2.05, 4.69) is 10.5 Å². The van der Waals surface area contributed by atoms with Crippen molar-refractivity contribution in [1.82, 2.24) is 19.9 Å². The van der Waals surface area contributed by atoms with Crippen molar-refractivity contribution in [2.45, 2.75) is 32.5 Å². The summed E-state index contributed by atoms with van der Waals surface area (Å²) in [5.41, 5.74) is 3.73. The standard InChI is InChI=1S/C29H29F3N4O3/c1-19-26(17-39-34-19)22-5-6-25-23(14-22)9-12-36(28(25)38)16-21-3-2-4-24(13-21)27(37)33-15-20-7-10-35(11-8-20)18-29(30,31)32/h2-6,9,12-14,17,20H,7-8,10-11,15-16,18H2,1H3,(H,33,37). The lowest BCUT2D eigenvalue weighted by molar-refractivity contribution is -0.148. The maximum absolute atomic E-state index is 13.2. The summed E-state index contributed by atoms with van der Waals surface area (Å²) >= 11 is 0. The molecule has 0 saturated carbocycles. The summed E-state index contributed by atoms with van der Waals surface area (Å²) in [5.74, 6) is -0.0935. The molecule has 204 valence electrons. The van der Waals surface area contributed by atoms with Gasteiger partial charge in [-0.1, -0.05) is 23.4 Å². The van der Waals surface area contributed by atoms with Crippen LogP contribution >= 0.6 is 0 Å². The Kier molecular flexibility index (Phi) is 7.56. The summed E-state index contributed by atoms with van der Waals surface area (Å²) in [4.78, 5) is 27.4. The molecule has 1 aliphatic heterocycles. The lowest BCUT2D eigenvalue weighted by atomic mass is 9.96. The predicted octanol–water partition coefficient (Wildman–Crippen LogP) is 5.02. The van der Waals surface area contributed by atoms with E-state index in [1.165, 1.54) is 4.90 Å². The number of alkyl halides is 3. The number of amides is 1. The molecule has 1 N–H and O–H groups in total. The normalized spacial score (nSPS) is 15.1. The van der Waals surface area contributed by atoms with Gasteiger partial charge in [0.05, 0.1) is 18.8 Å². The molecule has 2 aromatic carbocycles. The fourth-order valence-electron chi connectivity index (χ4n) is 5.10. The second-order valence-electron chi connectivity index (χ2n) is 10.1. The van der Waals surface area contributed by atoms with Crippen molar-refractivity contribution in [1.29, 1.82) is 0 Å². The summed E-state index contributed by atoms with van der Waals surface area (Å²) in [6.45, 7) is 2.45. The third kappa shape index (κ3) is 6.39. The molecule has 0 radical (unpaired) electrons. The van der Waals surface area contributed by atoms with Crippen LogP contribution in [0.25, 0.3) is 21.9 Å². The number of fused-ring (bicyclic) bond motifs is 1. The van der Waals surface area contributed by atoms with Crippen LogP contribution < -0.4 is 10.9 Å². The number of nitrogens with zero attached hydrogens (tertiary/aromatic N) is 3. The molecule has 2 aromatic heterocycles. The van der Waals surface area contributed by atoms with Crippen LogP contribution in [0, 0.1) is 12.8 Å². The van der Waals surface area contributed by atoms with E-state index >= 15 is 0 Å². The van der Waals surface area contributed by atoms with Gasteiger partial charge in [-0.2, -0.15) is 13.2 Å². The van der Waals surface area contributed by atoms with Crippen molar-refractivity contribution in [2.24, 2.45) is 5.92 Å². The van der Waals surface area contributed by atoms with Crippen molar-refractivity contribution in [3.63, 3.8) is 0 Å². The fraction of sp³-hybridized carbons (Fsp3) is 0.345. The van der Waals surface area contributed by atoms with Crippen molar-refractivity contribution < 1.29 is 22.5 Å². The Bertz CT molecular complexity index is 1530. The minimum absolute atomic E-state index is 0.132. The first-order valence-electron chi connectivity index (χ1n) is 12.9. The highest BCUT2D eigenvalue weighted by Gasteiger charge is 2.32. The Morgan fingerprint density at radius 2 is 1.92 bits per heavy atom. The number of piperidine rings is 1. The molecule has 0 aliphatic carbocycles. The average Bonchev–Trinajstić information content (AvgIpc) is 3.34. The van der Waals surface area contributed by atoms with Gasteiger partial charge in [0.25, 0.3) is 11.5 Å². The number of halogens is 3. The van der Waals surface area contributed by atoms with E-state index in [0.29, 0.717) is 50.0 Å². The van der Waals surface area contributed by atoms with Crippen LogP contribution in [0.4, 0.5) is 13.2 Å². The van der Waals surface area contributed by atoms with E-state index < -0.39 is 12.7 Å². The minimum atomic E-state index is -4.19. The summed E-state index contributed by atoms with van der Waals surface area (Å²) in [5, 5.41) is 8.23. The van der Waals surface area contributed by atoms with E-state index in [1.807, 2.05) is 31.2 Å². The SMILES string of the molecule is Cc1nocc1-c1ccc2c(=O)n(Cc3cccc(C(=O)NCC4CCN(CC(F)(F)F)CC4)c3)ccc2c1. The van der Waals surface area contributed by atoms with Gasteiger partial charge in [0.1, 0.15) is 6.26 Å². The van der Waals surface area contributed by atoms with Gasteiger partial charge in [-0.3, -0.25) is 14.5 Å². The Morgan fingerprint density at radius 1 is 1.13 bits per heavy atom. The van der Waals surface area contributed by atoms with Crippen LogP contribution in [0.3, 0.4) is 0 Å². The number of likely N-dealkylation sites (tertiary alicyclic amines) is 1. The second kappa shape index (κ2) is 11.1. The zero-order valence-corrected chi connectivity index (χ0v) is 21.5. The Balaban J connectivity index is 1.22. The summed E-state index contributed by atoms with van der Waals surface area (Å²) in [7, 11) is 0. The van der Waals surface area contributed by atoms with Gasteiger partial charge in [-0.05, 0) is 85.6 Å². The molecule has 4 aromatic rings. The number of rotatable bonds is 7. The molecule has 39 heavy (non-hydrogen) atoms. The van der Waals surface area contributed by atoms with E-state index in [1.54, 1.807) is 41.3 Å². The summed E-state index contributed by atoms with van der Waals surface area (Å²) in [6, 6.07) is 14.6. The van der Waals surface area contributed by atoms with Crippen LogP contribution in [-0.4, -0.2) is 52.9 Å². The first-order valence-corrected chi connectivity index (χ1v) is 12.9. The molecule has 7 nitrogen and oxygen atoms in total. The highest BCUT2D eigenvalue weighted by Crippen LogP contribution is 2.26. The maximum atomic E-state index is 13.2. The number of hydrogen-bond acceptors (Lipinski definition) is 5. The van der Waals surface area contributed by atoms with E-state index in [9.17, 15) is 22.8 Å². The van der Waals surface area contributed by atoms with E-state index in [4.69, 9.17) is 4.52 Å². The van der Waals surface area contributed by atoms with Crippen LogP contribution in [0.15, 0.2) is 70.3 Å². The zero-order chi connectivity index (χ0) is 27.6. The predicted molar refractivity (Wildman–Crippen MR) is 142 cm³/mol. The Labute approximate surface area is 223 Å². The maximum Gasteiger partial charge on any atom is 0.401 e. The Hall–Kier alpha value is -3.92. The molecule has 1 amide bonds. The highest BCUT2D eigenvalue weighted by molar-refractivity contribution is 5.94. The molecule has 1 aliphatic rings. The number of carbonyl (C=O) groups excluding carboxylic acids is 1. The van der Waals surface area contributed by atoms with Gasteiger partial charge in [0.15, 0.2) is 0 Å². The van der Waals surface area contributed by atoms with Gasteiger partial charge in [-0.15, -0.1) is 0 Å². The zero-order valence-electron chi connectivity index (χ0n) is 21.5. The fourth-order valence-corrected chi connectivity index (χ4v) is 5.10. The molecule has 10 heteroatoms. The summed E-state index contributed by atoms with van der Waals surface area (Å²) < 4.78 is 44.4. The number of hydrogen-bond donors (Lipinski definition) is 1. The number of nitrogens with one attached hydrogen (secondary N) is 1. The van der Waals surface area contributed by atoms with Gasteiger partial charge >= 0.3 is 6.18 Å². The van der Waals surface area contributed by atoms with Crippen molar-refractivity contribution in [2.75, 3.05) is 26.2 Å². The highest BCUT2D eigenvalue weighted by atomic mass is 19.4. The molecule has 1 fully saturated rings. The number of carbonyl (C=O) groups is 1. The minimum Gasteiger partial charge on any atom is -0.364 e. The molecule has 0 bridgehead atoms. The molecular formula is C29H29F3N4O3. The van der Waals surface area contributed by atoms with Crippen molar-refractivity contribution >= 4 is 16.7 Å². The quantitative estimate of drug-likeness (QED) is 0.358. The molecular weight excluding hydrogens is 509 g/mol.